The van der Waals surface area contributed by atoms with Crippen molar-refractivity contribution in [2.24, 2.45) is 0 Å². The summed E-state index contributed by atoms with van der Waals surface area (Å²) >= 11 is 5.82. The van der Waals surface area contributed by atoms with Crippen LogP contribution in [0.4, 0.5) is 0 Å². The topological polar surface area (TPSA) is 30.7 Å². The molecule has 15 heavy (non-hydrogen) atoms. The van der Waals surface area contributed by atoms with Gasteiger partial charge in [-0.2, -0.15) is 0 Å². The van der Waals surface area contributed by atoms with E-state index in [1.807, 2.05) is 38.1 Å². The molecule has 0 unspecified atom stereocenters. The van der Waals surface area contributed by atoms with Gasteiger partial charge >= 0.3 is 0 Å². The van der Waals surface area contributed by atoms with Crippen molar-refractivity contribution in [1.29, 1.82) is 0 Å². The Balaban J connectivity index is 2.25. The normalized spacial score (nSPS) is 10.6. The van der Waals surface area contributed by atoms with Crippen LogP contribution in [0.15, 0.2) is 24.3 Å². The molecule has 1 aromatic carbocycles. The van der Waals surface area contributed by atoms with E-state index in [2.05, 4.69) is 14.8 Å². The van der Waals surface area contributed by atoms with E-state index >= 15 is 0 Å². The average Bonchev–Trinajstić information content (AvgIpc) is 2.53. The Morgan fingerprint density at radius 2 is 1.60 bits per heavy atom. The van der Waals surface area contributed by atoms with Crippen LogP contribution >= 0.6 is 11.6 Å². The fraction of sp³-hybridized carbons (Fsp3) is 0.273. The van der Waals surface area contributed by atoms with Crippen LogP contribution in [0, 0.1) is 13.8 Å². The highest BCUT2D eigenvalue weighted by atomic mass is 35.5. The van der Waals surface area contributed by atoms with Gasteiger partial charge in [-0.05, 0) is 31.5 Å². The predicted molar refractivity (Wildman–Crippen MR) is 60.1 cm³/mol. The van der Waals surface area contributed by atoms with Gasteiger partial charge in [0.05, 0.1) is 6.54 Å². The summed E-state index contributed by atoms with van der Waals surface area (Å²) in [5.74, 6) is 1.87. The molecule has 2 rings (SSSR count). The molecule has 78 valence electrons. The molecule has 0 atom stereocenters. The number of aryl methyl sites for hydroxylation is 2. The minimum absolute atomic E-state index is 0.760. The lowest BCUT2D eigenvalue weighted by atomic mass is 10.2. The second-order valence-electron chi connectivity index (χ2n) is 3.51. The maximum Gasteiger partial charge on any atom is 0.130 e. The van der Waals surface area contributed by atoms with Crippen molar-refractivity contribution in [3.8, 4) is 0 Å². The molecule has 0 saturated carbocycles. The Morgan fingerprint density at radius 3 is 2.13 bits per heavy atom. The van der Waals surface area contributed by atoms with Crippen LogP contribution in [0.2, 0.25) is 5.02 Å². The van der Waals surface area contributed by atoms with E-state index in [1.54, 1.807) is 0 Å². The van der Waals surface area contributed by atoms with Crippen molar-refractivity contribution in [1.82, 2.24) is 14.8 Å². The van der Waals surface area contributed by atoms with Crippen LogP contribution in [-0.2, 0) is 6.54 Å². The van der Waals surface area contributed by atoms with E-state index in [4.69, 9.17) is 11.6 Å². The van der Waals surface area contributed by atoms with E-state index in [0.717, 1.165) is 23.2 Å². The van der Waals surface area contributed by atoms with Crippen LogP contribution in [0.5, 0.6) is 0 Å². The van der Waals surface area contributed by atoms with Crippen LogP contribution in [0.1, 0.15) is 17.2 Å². The van der Waals surface area contributed by atoms with Crippen molar-refractivity contribution in [3.63, 3.8) is 0 Å². The van der Waals surface area contributed by atoms with E-state index in [9.17, 15) is 0 Å². The van der Waals surface area contributed by atoms with E-state index in [1.165, 1.54) is 5.56 Å². The van der Waals surface area contributed by atoms with Crippen molar-refractivity contribution >= 4 is 11.6 Å². The van der Waals surface area contributed by atoms with Crippen LogP contribution in [0.3, 0.4) is 0 Å². The van der Waals surface area contributed by atoms with Gasteiger partial charge in [0.25, 0.3) is 0 Å². The second kappa shape index (κ2) is 4.03. The Hall–Kier alpha value is -1.35. The summed E-state index contributed by atoms with van der Waals surface area (Å²) < 4.78 is 2.07. The lowest BCUT2D eigenvalue weighted by Gasteiger charge is -2.06. The molecule has 0 aliphatic heterocycles. The highest BCUT2D eigenvalue weighted by molar-refractivity contribution is 6.30. The van der Waals surface area contributed by atoms with E-state index < -0.39 is 0 Å². The van der Waals surface area contributed by atoms with Crippen molar-refractivity contribution in [3.05, 3.63) is 46.5 Å². The zero-order valence-corrected chi connectivity index (χ0v) is 9.49. The third-order valence-electron chi connectivity index (χ3n) is 2.37. The maximum atomic E-state index is 5.82. The molecule has 4 heteroatoms. The Kier molecular flexibility index (Phi) is 2.73. The van der Waals surface area contributed by atoms with Gasteiger partial charge in [-0.15, -0.1) is 10.2 Å². The molecule has 1 heterocycles. The molecule has 0 bridgehead atoms. The number of aromatic nitrogens is 3. The zero-order valence-electron chi connectivity index (χ0n) is 8.74. The monoisotopic (exact) mass is 221 g/mol. The summed E-state index contributed by atoms with van der Waals surface area (Å²) in [6.45, 7) is 4.70. The summed E-state index contributed by atoms with van der Waals surface area (Å²) in [7, 11) is 0. The average molecular weight is 222 g/mol. The first kappa shape index (κ1) is 10.2. The zero-order chi connectivity index (χ0) is 10.8. The first-order valence-corrected chi connectivity index (χ1v) is 5.15. The van der Waals surface area contributed by atoms with Gasteiger partial charge in [-0.3, -0.25) is 0 Å². The van der Waals surface area contributed by atoms with Gasteiger partial charge in [0.2, 0.25) is 0 Å². The van der Waals surface area contributed by atoms with Crippen molar-refractivity contribution < 1.29 is 0 Å². The molecule has 0 aliphatic carbocycles. The van der Waals surface area contributed by atoms with Crippen LogP contribution in [0.25, 0.3) is 0 Å². The maximum absolute atomic E-state index is 5.82. The Morgan fingerprint density at radius 1 is 1.07 bits per heavy atom. The Bertz CT molecular complexity index is 440. The lowest BCUT2D eigenvalue weighted by molar-refractivity contribution is 0.734. The fourth-order valence-electron chi connectivity index (χ4n) is 1.49. The van der Waals surface area contributed by atoms with Gasteiger partial charge in [0.1, 0.15) is 11.6 Å². The predicted octanol–water partition coefficient (Wildman–Crippen LogP) is 2.60. The van der Waals surface area contributed by atoms with Gasteiger partial charge in [-0.1, -0.05) is 23.7 Å². The SMILES string of the molecule is Cc1nnc(C)n1Cc1ccc(Cl)cc1. The first-order valence-electron chi connectivity index (χ1n) is 4.77. The number of nitrogens with zero attached hydrogens (tertiary/aromatic N) is 3. The molecule has 2 aromatic rings. The van der Waals surface area contributed by atoms with Crippen molar-refractivity contribution in [2.45, 2.75) is 20.4 Å². The molecule has 1 aromatic heterocycles. The Labute approximate surface area is 93.7 Å². The summed E-state index contributed by atoms with van der Waals surface area (Å²) in [4.78, 5) is 0. The molecule has 0 saturated heterocycles. The summed E-state index contributed by atoms with van der Waals surface area (Å²) in [5, 5.41) is 8.79. The molecule has 0 spiro atoms. The molecule has 3 nitrogen and oxygen atoms in total. The minimum atomic E-state index is 0.760. The number of hydrogen-bond donors (Lipinski definition) is 0. The number of hydrogen-bond acceptors (Lipinski definition) is 2. The summed E-state index contributed by atoms with van der Waals surface area (Å²) in [5.41, 5.74) is 1.20. The summed E-state index contributed by atoms with van der Waals surface area (Å²) in [6, 6.07) is 7.82. The smallest absolute Gasteiger partial charge is 0.130 e. The van der Waals surface area contributed by atoms with Gasteiger partial charge in [-0.25, -0.2) is 0 Å². The number of rotatable bonds is 2. The largest absolute Gasteiger partial charge is 0.311 e. The fourth-order valence-corrected chi connectivity index (χ4v) is 1.61. The van der Waals surface area contributed by atoms with Gasteiger partial charge in [0.15, 0.2) is 0 Å². The molecule has 0 N–H and O–H groups in total. The first-order chi connectivity index (χ1) is 7.16. The van der Waals surface area contributed by atoms with E-state index in [0.29, 0.717) is 0 Å². The van der Waals surface area contributed by atoms with E-state index in [-0.39, 0.29) is 0 Å². The minimum Gasteiger partial charge on any atom is -0.311 e. The van der Waals surface area contributed by atoms with Crippen LogP contribution < -0.4 is 0 Å². The highest BCUT2D eigenvalue weighted by Crippen LogP contribution is 2.12. The second-order valence-corrected chi connectivity index (χ2v) is 3.94. The van der Waals surface area contributed by atoms with Crippen molar-refractivity contribution in [2.75, 3.05) is 0 Å². The molecule has 0 aliphatic rings. The molecule has 0 fully saturated rings. The molecule has 0 radical (unpaired) electrons. The van der Waals surface area contributed by atoms with Gasteiger partial charge < -0.3 is 4.57 Å². The standard InChI is InChI=1S/C11H12ClN3/c1-8-13-14-9(2)15(8)7-10-3-5-11(12)6-4-10/h3-6H,7H2,1-2H3. The van der Waals surface area contributed by atoms with Crippen LogP contribution in [-0.4, -0.2) is 14.8 Å². The number of halogens is 1. The molecular weight excluding hydrogens is 210 g/mol. The molecule has 0 amide bonds. The van der Waals surface area contributed by atoms with Gasteiger partial charge in [0, 0.05) is 5.02 Å². The highest BCUT2D eigenvalue weighted by Gasteiger charge is 2.04. The third-order valence-corrected chi connectivity index (χ3v) is 2.63. The quantitative estimate of drug-likeness (QED) is 0.781. The summed E-state index contributed by atoms with van der Waals surface area (Å²) in [6.07, 6.45) is 0. The molecular formula is C11H12ClN3. The number of benzene rings is 1. The third kappa shape index (κ3) is 2.18. The lowest BCUT2D eigenvalue weighted by Crippen LogP contribution is -2.03.